The number of nitriles is 1. The maximum atomic E-state index is 13.0. The molecule has 0 bridgehead atoms. The van der Waals surface area contributed by atoms with Crippen molar-refractivity contribution in [2.45, 2.75) is 25.7 Å². The molecule has 2 N–H and O–H groups in total. The van der Waals surface area contributed by atoms with Gasteiger partial charge in [0.25, 0.3) is 5.56 Å². The first kappa shape index (κ1) is 17.2. The summed E-state index contributed by atoms with van der Waals surface area (Å²) in [5.41, 5.74) is 0.691. The molecule has 2 aromatic heterocycles. The van der Waals surface area contributed by atoms with E-state index in [0.717, 1.165) is 25.9 Å². The van der Waals surface area contributed by atoms with E-state index in [1.54, 1.807) is 24.5 Å². The predicted molar refractivity (Wildman–Crippen MR) is 99.3 cm³/mol. The molecule has 3 unspecified atom stereocenters. The van der Waals surface area contributed by atoms with Crippen LogP contribution in [0.15, 0.2) is 29.3 Å². The number of amides is 1. The Labute approximate surface area is 156 Å². The summed E-state index contributed by atoms with van der Waals surface area (Å²) in [6.07, 6.45) is 5.35. The van der Waals surface area contributed by atoms with Gasteiger partial charge in [-0.15, -0.1) is 0 Å². The van der Waals surface area contributed by atoms with Crippen molar-refractivity contribution in [2.24, 2.45) is 11.8 Å². The van der Waals surface area contributed by atoms with E-state index < -0.39 is 17.7 Å². The summed E-state index contributed by atoms with van der Waals surface area (Å²) in [4.78, 5) is 38.9. The molecule has 3 atom stereocenters. The lowest BCUT2D eigenvalue weighted by atomic mass is 9.79. The number of nitrogens with one attached hydrogen (secondary N) is 2. The van der Waals surface area contributed by atoms with E-state index >= 15 is 0 Å². The van der Waals surface area contributed by atoms with Crippen LogP contribution >= 0.6 is 0 Å². The summed E-state index contributed by atoms with van der Waals surface area (Å²) in [6.45, 7) is 3.79. The van der Waals surface area contributed by atoms with Crippen LogP contribution in [0, 0.1) is 23.2 Å². The number of carbonyl (C=O) groups excluding carboxylic acids is 1. The Hall–Kier alpha value is -3.21. The van der Waals surface area contributed by atoms with E-state index in [1.165, 1.54) is 0 Å². The Balaban J connectivity index is 1.82. The van der Waals surface area contributed by atoms with Gasteiger partial charge >= 0.3 is 0 Å². The zero-order chi connectivity index (χ0) is 19.0. The maximum absolute atomic E-state index is 13.0. The second-order valence-electron chi connectivity index (χ2n) is 7.20. The number of rotatable bonds is 2. The Morgan fingerprint density at radius 1 is 1.30 bits per heavy atom. The summed E-state index contributed by atoms with van der Waals surface area (Å²) in [6, 6.07) is 5.47. The molecular formula is C19H20N6O2. The molecule has 4 rings (SSSR count). The van der Waals surface area contributed by atoms with Crippen molar-refractivity contribution >= 4 is 17.7 Å². The van der Waals surface area contributed by atoms with Crippen molar-refractivity contribution < 1.29 is 4.79 Å². The Kier molecular flexibility index (Phi) is 4.36. The van der Waals surface area contributed by atoms with Crippen molar-refractivity contribution in [1.29, 1.82) is 5.26 Å². The number of aromatic nitrogens is 3. The lowest BCUT2D eigenvalue weighted by molar-refractivity contribution is -0.119. The van der Waals surface area contributed by atoms with Gasteiger partial charge in [0.15, 0.2) is 0 Å². The summed E-state index contributed by atoms with van der Waals surface area (Å²) >= 11 is 0. The number of hydrogen-bond donors (Lipinski definition) is 2. The zero-order valence-corrected chi connectivity index (χ0v) is 15.0. The number of H-pyrrole nitrogens is 1. The third-order valence-electron chi connectivity index (χ3n) is 5.27. The standard InChI is InChI=1S/C19H20N6O2/c1-11-3-2-8-25(10-11)19-23-16-15(18(27)24-19)14(12-4-6-21-7-5-12)13(9-20)17(26)22-16/h4-7,11,13-14H,2-3,8,10H2,1H3,(H2,22,23,24,26,27). The van der Waals surface area contributed by atoms with E-state index in [0.29, 0.717) is 23.0 Å². The van der Waals surface area contributed by atoms with Crippen LogP contribution in [0.25, 0.3) is 0 Å². The second-order valence-corrected chi connectivity index (χ2v) is 7.20. The van der Waals surface area contributed by atoms with Crippen molar-refractivity contribution in [3.63, 3.8) is 0 Å². The van der Waals surface area contributed by atoms with E-state index in [9.17, 15) is 14.9 Å². The van der Waals surface area contributed by atoms with Gasteiger partial charge in [0.1, 0.15) is 11.7 Å². The lowest BCUT2D eigenvalue weighted by Gasteiger charge is -2.33. The van der Waals surface area contributed by atoms with Crippen LogP contribution in [0.3, 0.4) is 0 Å². The van der Waals surface area contributed by atoms with Gasteiger partial charge in [0.05, 0.1) is 11.6 Å². The Morgan fingerprint density at radius 2 is 2.07 bits per heavy atom. The van der Waals surface area contributed by atoms with Crippen molar-refractivity contribution in [1.82, 2.24) is 15.0 Å². The molecule has 0 spiro atoms. The number of piperidine rings is 1. The molecule has 8 nitrogen and oxygen atoms in total. The van der Waals surface area contributed by atoms with Crippen molar-refractivity contribution in [3.8, 4) is 6.07 Å². The quantitative estimate of drug-likeness (QED) is 0.837. The first-order valence-electron chi connectivity index (χ1n) is 9.08. The van der Waals surface area contributed by atoms with Crippen LogP contribution < -0.4 is 15.8 Å². The SMILES string of the molecule is CC1CCCN(c2nc3c(c(=O)[nH]2)C(c2ccncc2)C(C#N)C(=O)N3)C1. The zero-order valence-electron chi connectivity index (χ0n) is 15.0. The molecule has 2 aromatic rings. The lowest BCUT2D eigenvalue weighted by Crippen LogP contribution is -2.41. The molecule has 1 amide bonds. The summed E-state index contributed by atoms with van der Waals surface area (Å²) < 4.78 is 0. The van der Waals surface area contributed by atoms with Gasteiger partial charge in [-0.25, -0.2) is 0 Å². The van der Waals surface area contributed by atoms with Crippen LogP contribution in [0.2, 0.25) is 0 Å². The summed E-state index contributed by atoms with van der Waals surface area (Å²) in [5, 5.41) is 12.2. The fraction of sp³-hybridized carbons (Fsp3) is 0.421. The third kappa shape index (κ3) is 3.05. The number of fused-ring (bicyclic) bond motifs is 1. The number of nitrogens with zero attached hydrogens (tertiary/aromatic N) is 4. The summed E-state index contributed by atoms with van der Waals surface area (Å²) in [7, 11) is 0. The van der Waals surface area contributed by atoms with E-state index in [1.807, 2.05) is 11.0 Å². The van der Waals surface area contributed by atoms with E-state index in [2.05, 4.69) is 27.2 Å². The number of hydrogen-bond acceptors (Lipinski definition) is 6. The van der Waals surface area contributed by atoms with Gasteiger partial charge < -0.3 is 10.2 Å². The molecule has 2 aliphatic heterocycles. The Morgan fingerprint density at radius 3 is 2.78 bits per heavy atom. The first-order chi connectivity index (χ1) is 13.1. The topological polar surface area (TPSA) is 115 Å². The Bertz CT molecular complexity index is 964. The minimum absolute atomic E-state index is 0.241. The molecule has 8 heteroatoms. The van der Waals surface area contributed by atoms with E-state index in [4.69, 9.17) is 0 Å². The number of aromatic amines is 1. The van der Waals surface area contributed by atoms with E-state index in [-0.39, 0.29) is 11.4 Å². The summed E-state index contributed by atoms with van der Waals surface area (Å²) in [5.74, 6) is -0.888. The molecular weight excluding hydrogens is 344 g/mol. The first-order valence-corrected chi connectivity index (χ1v) is 9.08. The van der Waals surface area contributed by atoms with Gasteiger partial charge in [-0.3, -0.25) is 19.6 Å². The highest BCUT2D eigenvalue weighted by Crippen LogP contribution is 2.38. The van der Waals surface area contributed by atoms with Crippen LogP contribution in [0.4, 0.5) is 11.8 Å². The molecule has 138 valence electrons. The highest BCUT2D eigenvalue weighted by molar-refractivity contribution is 5.97. The maximum Gasteiger partial charge on any atom is 0.258 e. The highest BCUT2D eigenvalue weighted by atomic mass is 16.2. The molecule has 4 heterocycles. The van der Waals surface area contributed by atoms with Crippen molar-refractivity contribution in [2.75, 3.05) is 23.3 Å². The van der Waals surface area contributed by atoms with Gasteiger partial charge in [-0.05, 0) is 36.5 Å². The fourth-order valence-corrected chi connectivity index (χ4v) is 3.96. The number of pyridine rings is 1. The second kappa shape index (κ2) is 6.83. The molecule has 2 aliphatic rings. The monoisotopic (exact) mass is 364 g/mol. The van der Waals surface area contributed by atoms with Crippen LogP contribution in [-0.2, 0) is 4.79 Å². The van der Waals surface area contributed by atoms with Gasteiger partial charge in [-0.1, -0.05) is 6.92 Å². The largest absolute Gasteiger partial charge is 0.342 e. The normalized spacial score (nSPS) is 24.7. The molecule has 0 aromatic carbocycles. The van der Waals surface area contributed by atoms with Crippen LogP contribution in [0.1, 0.15) is 36.8 Å². The van der Waals surface area contributed by atoms with Gasteiger partial charge in [0, 0.05) is 31.4 Å². The van der Waals surface area contributed by atoms with Crippen LogP contribution in [-0.4, -0.2) is 33.9 Å². The number of carbonyl (C=O) groups is 1. The predicted octanol–water partition coefficient (Wildman–Crippen LogP) is 1.62. The third-order valence-corrected chi connectivity index (χ3v) is 5.27. The molecule has 1 fully saturated rings. The fourth-order valence-electron chi connectivity index (χ4n) is 3.96. The number of anilines is 2. The van der Waals surface area contributed by atoms with Gasteiger partial charge in [-0.2, -0.15) is 10.2 Å². The minimum Gasteiger partial charge on any atom is -0.342 e. The minimum atomic E-state index is -0.997. The smallest absolute Gasteiger partial charge is 0.258 e. The molecule has 0 saturated carbocycles. The molecule has 0 radical (unpaired) electrons. The van der Waals surface area contributed by atoms with Gasteiger partial charge in [0.2, 0.25) is 11.9 Å². The molecule has 1 saturated heterocycles. The average Bonchev–Trinajstić information content (AvgIpc) is 2.67. The molecule has 27 heavy (non-hydrogen) atoms. The molecule has 0 aliphatic carbocycles. The van der Waals surface area contributed by atoms with Crippen molar-refractivity contribution in [3.05, 3.63) is 46.0 Å². The van der Waals surface area contributed by atoms with Crippen LogP contribution in [0.5, 0.6) is 0 Å². The highest BCUT2D eigenvalue weighted by Gasteiger charge is 2.40. The average molecular weight is 364 g/mol.